The molecule has 1 saturated carbocycles. The molecule has 0 amide bonds. The molecule has 2 atom stereocenters. The van der Waals surface area contributed by atoms with E-state index in [0.29, 0.717) is 11.3 Å². The Balaban J connectivity index is 2.24. The van der Waals surface area contributed by atoms with Gasteiger partial charge < -0.3 is 4.52 Å². The van der Waals surface area contributed by atoms with Crippen molar-refractivity contribution in [1.29, 1.82) is 0 Å². The fraction of sp³-hybridized carbons (Fsp3) is 0.750. The highest BCUT2D eigenvalue weighted by molar-refractivity contribution is 5.46. The van der Waals surface area contributed by atoms with Gasteiger partial charge in [0.2, 0.25) is 0 Å². The van der Waals surface area contributed by atoms with Crippen LogP contribution >= 0.6 is 0 Å². The molecule has 0 spiro atoms. The highest BCUT2D eigenvalue weighted by Crippen LogP contribution is 2.69. The van der Waals surface area contributed by atoms with E-state index in [1.54, 1.807) is 0 Å². The summed E-state index contributed by atoms with van der Waals surface area (Å²) in [5.41, 5.74) is -0.974. The van der Waals surface area contributed by atoms with Crippen LogP contribution in [0.5, 0.6) is 0 Å². The molecular formula is C12H14F3NO. The van der Waals surface area contributed by atoms with Crippen LogP contribution in [0.2, 0.25) is 0 Å². The Morgan fingerprint density at radius 2 is 1.94 bits per heavy atom. The normalized spacial score (nSPS) is 34.1. The summed E-state index contributed by atoms with van der Waals surface area (Å²) in [7, 11) is 0. The molecule has 0 N–H and O–H groups in total. The molecule has 0 aromatic carbocycles. The maximum atomic E-state index is 12.9. The van der Waals surface area contributed by atoms with Gasteiger partial charge in [-0.15, -0.1) is 0 Å². The Labute approximate surface area is 97.2 Å². The van der Waals surface area contributed by atoms with Gasteiger partial charge in [0, 0.05) is 11.0 Å². The maximum absolute atomic E-state index is 12.9. The van der Waals surface area contributed by atoms with Gasteiger partial charge in [0.25, 0.3) is 0 Å². The minimum absolute atomic E-state index is 0.0784. The van der Waals surface area contributed by atoms with E-state index in [2.05, 4.69) is 5.16 Å². The van der Waals surface area contributed by atoms with Gasteiger partial charge in [-0.25, -0.2) is 0 Å². The smallest absolute Gasteiger partial charge is 0.360 e. The first-order chi connectivity index (χ1) is 7.69. The van der Waals surface area contributed by atoms with Crippen molar-refractivity contribution in [3.8, 4) is 0 Å². The lowest BCUT2D eigenvalue weighted by Crippen LogP contribution is -2.31. The summed E-state index contributed by atoms with van der Waals surface area (Å²) in [6.45, 7) is 6.05. The predicted octanol–water partition coefficient (Wildman–Crippen LogP) is 3.87. The van der Waals surface area contributed by atoms with Crippen LogP contribution in [0.15, 0.2) is 4.52 Å². The fourth-order valence-electron chi connectivity index (χ4n) is 3.63. The molecule has 2 bridgehead atoms. The molecule has 1 fully saturated rings. The van der Waals surface area contributed by atoms with Crippen LogP contribution in [-0.4, -0.2) is 5.16 Å². The molecule has 0 aliphatic heterocycles. The van der Waals surface area contributed by atoms with E-state index in [1.165, 1.54) is 0 Å². The average Bonchev–Trinajstić information content (AvgIpc) is 2.73. The summed E-state index contributed by atoms with van der Waals surface area (Å²) in [5.74, 6) is 0.386. The Bertz CT molecular complexity index is 488. The molecule has 0 radical (unpaired) electrons. The lowest BCUT2D eigenvalue weighted by atomic mass is 9.70. The zero-order valence-corrected chi connectivity index (χ0v) is 9.98. The van der Waals surface area contributed by atoms with Crippen LogP contribution in [0.4, 0.5) is 13.2 Å². The second-order valence-corrected chi connectivity index (χ2v) is 5.92. The average molecular weight is 245 g/mol. The molecule has 3 rings (SSSR count). The summed E-state index contributed by atoms with van der Waals surface area (Å²) < 4.78 is 43.6. The van der Waals surface area contributed by atoms with Gasteiger partial charge in [-0.05, 0) is 24.2 Å². The Kier molecular flexibility index (Phi) is 1.76. The lowest BCUT2D eigenvalue weighted by Gasteiger charge is -2.33. The van der Waals surface area contributed by atoms with Crippen molar-refractivity contribution in [2.24, 2.45) is 5.41 Å². The number of hydrogen-bond donors (Lipinski definition) is 0. The molecular weight excluding hydrogens is 231 g/mol. The quantitative estimate of drug-likeness (QED) is 0.693. The number of halogens is 3. The highest BCUT2D eigenvalue weighted by atomic mass is 19.4. The van der Waals surface area contributed by atoms with Crippen LogP contribution < -0.4 is 0 Å². The summed E-state index contributed by atoms with van der Waals surface area (Å²) in [4.78, 5) is 0. The van der Waals surface area contributed by atoms with E-state index in [0.717, 1.165) is 12.8 Å². The monoisotopic (exact) mass is 245 g/mol. The summed E-state index contributed by atoms with van der Waals surface area (Å²) in [6, 6.07) is 0. The molecule has 1 aromatic heterocycles. The van der Waals surface area contributed by atoms with Crippen molar-refractivity contribution in [2.45, 2.75) is 51.1 Å². The van der Waals surface area contributed by atoms with E-state index >= 15 is 0 Å². The fourth-order valence-corrected chi connectivity index (χ4v) is 3.63. The van der Waals surface area contributed by atoms with Crippen molar-refractivity contribution in [3.05, 3.63) is 17.0 Å². The summed E-state index contributed by atoms with van der Waals surface area (Å²) in [6.07, 6.45) is -2.74. The van der Waals surface area contributed by atoms with E-state index in [4.69, 9.17) is 4.52 Å². The predicted molar refractivity (Wildman–Crippen MR) is 54.6 cm³/mol. The molecule has 94 valence electrons. The summed E-state index contributed by atoms with van der Waals surface area (Å²) in [5, 5.41) is 3.26. The van der Waals surface area contributed by atoms with Crippen LogP contribution in [-0.2, 0) is 11.6 Å². The van der Waals surface area contributed by atoms with E-state index < -0.39 is 11.9 Å². The highest BCUT2D eigenvalue weighted by Gasteiger charge is 2.64. The SMILES string of the molecule is CC1(C)[C@@H]2CC[C@]1(C)c1onc(C(F)(F)F)c12. The van der Waals surface area contributed by atoms with Crippen LogP contribution in [0, 0.1) is 5.41 Å². The topological polar surface area (TPSA) is 26.0 Å². The van der Waals surface area contributed by atoms with Crippen LogP contribution in [0.25, 0.3) is 0 Å². The van der Waals surface area contributed by atoms with Crippen molar-refractivity contribution < 1.29 is 17.7 Å². The maximum Gasteiger partial charge on any atom is 0.437 e. The molecule has 1 heterocycles. The Hall–Kier alpha value is -1.00. The van der Waals surface area contributed by atoms with Crippen molar-refractivity contribution in [1.82, 2.24) is 5.16 Å². The zero-order chi connectivity index (χ0) is 12.6. The molecule has 0 saturated heterocycles. The van der Waals surface area contributed by atoms with Gasteiger partial charge in [-0.3, -0.25) is 0 Å². The number of hydrogen-bond acceptors (Lipinski definition) is 2. The standard InChI is InChI=1S/C12H14F3NO/c1-10(2)6-4-5-11(10,3)9-7(6)8(16-17-9)12(13,14)15/h6H,4-5H2,1-3H3/t6-,11-/m1/s1. The largest absolute Gasteiger partial charge is 0.437 e. The van der Waals surface area contributed by atoms with Crippen LogP contribution in [0.3, 0.4) is 0 Å². The minimum atomic E-state index is -4.41. The molecule has 0 unspecified atom stereocenters. The first-order valence-electron chi connectivity index (χ1n) is 5.77. The van der Waals surface area contributed by atoms with Crippen molar-refractivity contribution >= 4 is 0 Å². The van der Waals surface area contributed by atoms with Gasteiger partial charge in [-0.2, -0.15) is 13.2 Å². The second-order valence-electron chi connectivity index (χ2n) is 5.92. The molecule has 5 heteroatoms. The third-order valence-corrected chi connectivity index (χ3v) is 5.07. The van der Waals surface area contributed by atoms with Gasteiger partial charge in [-0.1, -0.05) is 25.9 Å². The van der Waals surface area contributed by atoms with Gasteiger partial charge in [0.05, 0.1) is 0 Å². The number of nitrogens with zero attached hydrogens (tertiary/aromatic N) is 1. The summed E-state index contributed by atoms with van der Waals surface area (Å²) >= 11 is 0. The Morgan fingerprint density at radius 1 is 1.29 bits per heavy atom. The minimum Gasteiger partial charge on any atom is -0.360 e. The van der Waals surface area contributed by atoms with Crippen LogP contribution in [0.1, 0.15) is 56.5 Å². The van der Waals surface area contributed by atoms with Gasteiger partial charge >= 0.3 is 6.18 Å². The zero-order valence-electron chi connectivity index (χ0n) is 9.98. The van der Waals surface area contributed by atoms with E-state index in [-0.39, 0.29) is 16.7 Å². The first kappa shape index (κ1) is 11.1. The number of rotatable bonds is 0. The third-order valence-electron chi connectivity index (χ3n) is 5.07. The first-order valence-corrected chi connectivity index (χ1v) is 5.77. The van der Waals surface area contributed by atoms with Crippen molar-refractivity contribution in [2.75, 3.05) is 0 Å². The number of fused-ring (bicyclic) bond motifs is 5. The van der Waals surface area contributed by atoms with E-state index in [1.807, 2.05) is 20.8 Å². The second kappa shape index (κ2) is 2.70. The molecule has 2 aliphatic rings. The lowest BCUT2D eigenvalue weighted by molar-refractivity contribution is -0.143. The van der Waals surface area contributed by atoms with Crippen molar-refractivity contribution in [3.63, 3.8) is 0 Å². The van der Waals surface area contributed by atoms with Gasteiger partial charge in [0.1, 0.15) is 5.76 Å². The molecule has 1 aromatic rings. The molecule has 2 aliphatic carbocycles. The molecule has 17 heavy (non-hydrogen) atoms. The Morgan fingerprint density at radius 3 is 2.53 bits per heavy atom. The third kappa shape index (κ3) is 1.06. The molecule has 2 nitrogen and oxygen atoms in total. The van der Waals surface area contributed by atoms with E-state index in [9.17, 15) is 13.2 Å². The number of aromatic nitrogens is 1. The van der Waals surface area contributed by atoms with Gasteiger partial charge in [0.15, 0.2) is 5.69 Å². The number of alkyl halides is 3.